The van der Waals surface area contributed by atoms with E-state index in [-0.39, 0.29) is 25.9 Å². The van der Waals surface area contributed by atoms with Gasteiger partial charge in [-0.25, -0.2) is 22.0 Å². The van der Waals surface area contributed by atoms with Crippen molar-refractivity contribution in [3.63, 3.8) is 0 Å². The molecule has 0 radical (unpaired) electrons. The van der Waals surface area contributed by atoms with Crippen LogP contribution in [0.1, 0.15) is 0 Å². The van der Waals surface area contributed by atoms with Crippen LogP contribution in [0.15, 0.2) is 6.07 Å². The quantitative estimate of drug-likeness (QED) is 0.277. The van der Waals surface area contributed by atoms with E-state index in [9.17, 15) is 22.0 Å². The molecule has 0 heterocycles. The predicted molar refractivity (Wildman–Crippen MR) is 36.2 cm³/mol. The van der Waals surface area contributed by atoms with Crippen LogP contribution < -0.4 is 0 Å². The topological polar surface area (TPSA) is 0 Å². The fraction of sp³-hybridized carbons (Fsp3) is 0. The first-order valence-corrected chi connectivity index (χ1v) is 2.52. The molecule has 0 N–H and O–H groups in total. The first-order valence-electron chi connectivity index (χ1n) is 2.52. The van der Waals surface area contributed by atoms with Crippen molar-refractivity contribution >= 4 is 19.8 Å². The molecular weight excluding hydrogens is 237 g/mol. The summed E-state index contributed by atoms with van der Waals surface area (Å²) in [5.41, 5.74) is 0. The molecule has 1 rings (SSSR count). The van der Waals surface area contributed by atoms with Gasteiger partial charge in [-0.05, 0) is 0 Å². The van der Waals surface area contributed by atoms with Crippen LogP contribution in [0.5, 0.6) is 0 Å². The Labute approximate surface area is 77.4 Å². The van der Waals surface area contributed by atoms with E-state index in [4.69, 9.17) is 0 Å². The molecular formula is C6H4F5Ga. The number of rotatable bonds is 0. The molecule has 0 saturated carbocycles. The second-order valence-electron chi connectivity index (χ2n) is 1.78. The normalized spacial score (nSPS) is 9.42. The van der Waals surface area contributed by atoms with E-state index in [0.29, 0.717) is 0 Å². The molecule has 0 nitrogen and oxygen atoms in total. The van der Waals surface area contributed by atoms with Crippen molar-refractivity contribution in [1.82, 2.24) is 0 Å². The van der Waals surface area contributed by atoms with Gasteiger partial charge in [0.15, 0.2) is 23.3 Å². The summed E-state index contributed by atoms with van der Waals surface area (Å²) in [4.78, 5) is 0. The van der Waals surface area contributed by atoms with Gasteiger partial charge in [0.2, 0.25) is 5.82 Å². The van der Waals surface area contributed by atoms with E-state index in [1.54, 1.807) is 0 Å². The Balaban J connectivity index is 0.00000121. The summed E-state index contributed by atoms with van der Waals surface area (Å²) >= 11 is 0. The van der Waals surface area contributed by atoms with Crippen molar-refractivity contribution in [2.24, 2.45) is 0 Å². The van der Waals surface area contributed by atoms with Crippen molar-refractivity contribution in [3.05, 3.63) is 35.2 Å². The van der Waals surface area contributed by atoms with Gasteiger partial charge in [-0.2, -0.15) is 0 Å². The molecule has 0 aromatic heterocycles. The molecule has 0 aliphatic rings. The zero-order chi connectivity index (χ0) is 8.59. The summed E-state index contributed by atoms with van der Waals surface area (Å²) in [5.74, 6) is -9.65. The van der Waals surface area contributed by atoms with Gasteiger partial charge in [-0.15, -0.1) is 0 Å². The average molecular weight is 241 g/mol. The maximum absolute atomic E-state index is 12.0. The van der Waals surface area contributed by atoms with Crippen LogP contribution in [0, 0.1) is 29.1 Å². The number of hydrogen-bond donors (Lipinski definition) is 0. The van der Waals surface area contributed by atoms with E-state index in [1.807, 2.05) is 0 Å². The van der Waals surface area contributed by atoms with E-state index < -0.39 is 29.1 Å². The third kappa shape index (κ3) is 1.81. The van der Waals surface area contributed by atoms with E-state index in [1.165, 1.54) is 0 Å². The molecule has 12 heavy (non-hydrogen) atoms. The van der Waals surface area contributed by atoms with Crippen molar-refractivity contribution in [2.75, 3.05) is 0 Å². The third-order valence-corrected chi connectivity index (χ3v) is 1.06. The van der Waals surface area contributed by atoms with E-state index >= 15 is 0 Å². The summed E-state index contributed by atoms with van der Waals surface area (Å²) in [5, 5.41) is 0. The Morgan fingerprint density at radius 1 is 0.667 bits per heavy atom. The van der Waals surface area contributed by atoms with Crippen LogP contribution in [-0.4, -0.2) is 19.8 Å². The van der Waals surface area contributed by atoms with Crippen LogP contribution in [-0.2, 0) is 0 Å². The summed E-state index contributed by atoms with van der Waals surface area (Å²) in [6, 6.07) is -0.0618. The molecule has 1 aromatic rings. The molecule has 0 fully saturated rings. The predicted octanol–water partition coefficient (Wildman–Crippen LogP) is 1.20. The fourth-order valence-electron chi connectivity index (χ4n) is 0.544. The third-order valence-electron chi connectivity index (χ3n) is 1.06. The van der Waals surface area contributed by atoms with E-state index in [0.717, 1.165) is 0 Å². The molecule has 66 valence electrons. The van der Waals surface area contributed by atoms with Crippen molar-refractivity contribution < 1.29 is 22.0 Å². The minimum atomic E-state index is -2.14. The van der Waals surface area contributed by atoms with Gasteiger partial charge in [-0.1, -0.05) is 0 Å². The second kappa shape index (κ2) is 3.95. The molecule has 6 heteroatoms. The fourth-order valence-corrected chi connectivity index (χ4v) is 0.544. The monoisotopic (exact) mass is 240 g/mol. The zero-order valence-electron chi connectivity index (χ0n) is 4.97. The van der Waals surface area contributed by atoms with Gasteiger partial charge >= 0.3 is 19.8 Å². The Morgan fingerprint density at radius 2 is 1.00 bits per heavy atom. The molecule has 0 aliphatic heterocycles. The minimum absolute atomic E-state index is 0. The number of halogens is 5. The summed E-state index contributed by atoms with van der Waals surface area (Å²) in [7, 11) is 0. The molecule has 0 amide bonds. The van der Waals surface area contributed by atoms with Crippen LogP contribution in [0.25, 0.3) is 0 Å². The molecule has 0 bridgehead atoms. The van der Waals surface area contributed by atoms with Crippen molar-refractivity contribution in [3.8, 4) is 0 Å². The zero-order valence-corrected chi connectivity index (χ0v) is 4.97. The Kier molecular flexibility index (Phi) is 3.79. The molecule has 0 saturated heterocycles. The molecule has 0 spiro atoms. The van der Waals surface area contributed by atoms with Gasteiger partial charge in [0, 0.05) is 6.07 Å². The number of benzene rings is 1. The Bertz CT molecular complexity index is 272. The van der Waals surface area contributed by atoms with Crippen LogP contribution in [0.3, 0.4) is 0 Å². The number of hydrogen-bond acceptors (Lipinski definition) is 0. The van der Waals surface area contributed by atoms with Crippen molar-refractivity contribution in [1.29, 1.82) is 0 Å². The van der Waals surface area contributed by atoms with Gasteiger partial charge in [-0.3, -0.25) is 0 Å². The van der Waals surface area contributed by atoms with Gasteiger partial charge in [0.1, 0.15) is 0 Å². The molecule has 1 aromatic carbocycles. The first-order chi connectivity index (χ1) is 5.04. The summed E-state index contributed by atoms with van der Waals surface area (Å²) < 4.78 is 60.0. The Morgan fingerprint density at radius 3 is 1.33 bits per heavy atom. The van der Waals surface area contributed by atoms with Crippen molar-refractivity contribution in [2.45, 2.75) is 0 Å². The van der Waals surface area contributed by atoms with Gasteiger partial charge in [0.25, 0.3) is 0 Å². The molecule has 0 unspecified atom stereocenters. The van der Waals surface area contributed by atoms with Crippen LogP contribution in [0.4, 0.5) is 22.0 Å². The summed E-state index contributed by atoms with van der Waals surface area (Å²) in [6.45, 7) is 0. The molecule has 0 atom stereocenters. The first kappa shape index (κ1) is 11.5. The standard InChI is InChI=1S/C6HF5.Ga.3H/c7-2-1-3(8)5(10)6(11)4(2)9;;;;/h1H;;;;. The van der Waals surface area contributed by atoms with Crippen LogP contribution >= 0.6 is 0 Å². The van der Waals surface area contributed by atoms with Gasteiger partial charge in [0.05, 0.1) is 0 Å². The second-order valence-corrected chi connectivity index (χ2v) is 1.78. The molecule has 0 aliphatic carbocycles. The van der Waals surface area contributed by atoms with Crippen LogP contribution in [0.2, 0.25) is 0 Å². The maximum atomic E-state index is 12.0. The van der Waals surface area contributed by atoms with Gasteiger partial charge < -0.3 is 0 Å². The SMILES string of the molecule is Fc1cc(F)c(F)c(F)c1F.[GaH3]. The average Bonchev–Trinajstić information content (AvgIpc) is 1.97. The van der Waals surface area contributed by atoms with E-state index in [2.05, 4.69) is 0 Å². The Hall–Kier alpha value is -0.494. The summed E-state index contributed by atoms with van der Waals surface area (Å²) in [6.07, 6.45) is 0.